The Kier molecular flexibility index (Phi) is 5.29. The molecule has 0 saturated heterocycles. The Morgan fingerprint density at radius 3 is 1.60 bits per heavy atom. The number of hydrogen-bond donors (Lipinski definition) is 0. The van der Waals surface area contributed by atoms with Crippen LogP contribution in [0.2, 0.25) is 0 Å². The van der Waals surface area contributed by atoms with E-state index in [1.165, 1.54) is 31.2 Å². The van der Waals surface area contributed by atoms with E-state index in [0.717, 1.165) is 23.7 Å². The molecule has 1 aliphatic rings. The predicted octanol–water partition coefficient (Wildman–Crippen LogP) is 6.38. The molecule has 0 N–H and O–H groups in total. The van der Waals surface area contributed by atoms with Crippen LogP contribution in [0.25, 0.3) is 0 Å². The van der Waals surface area contributed by atoms with Crippen molar-refractivity contribution in [3.8, 4) is 0 Å². The fourth-order valence-electron chi connectivity index (χ4n) is 3.77. The molecule has 0 radical (unpaired) electrons. The van der Waals surface area contributed by atoms with Gasteiger partial charge < -0.3 is 0 Å². The second kappa shape index (κ2) is 6.78. The molecule has 1 saturated carbocycles. The Labute approximate surface area is 126 Å². The van der Waals surface area contributed by atoms with Crippen molar-refractivity contribution in [1.82, 2.24) is 0 Å². The monoisotopic (exact) mass is 272 g/mol. The van der Waals surface area contributed by atoms with Crippen molar-refractivity contribution in [2.75, 3.05) is 0 Å². The summed E-state index contributed by atoms with van der Waals surface area (Å²) in [6.07, 6.45) is 5.74. The zero-order chi connectivity index (χ0) is 14.7. The summed E-state index contributed by atoms with van der Waals surface area (Å²) in [5, 5.41) is 0. The molecule has 0 amide bonds. The number of rotatable bonds is 4. The third-order valence-corrected chi connectivity index (χ3v) is 5.60. The molecule has 20 heavy (non-hydrogen) atoms. The maximum Gasteiger partial charge on any atom is -0.0162 e. The van der Waals surface area contributed by atoms with Crippen LogP contribution in [0.4, 0.5) is 0 Å². The van der Waals surface area contributed by atoms with Crippen molar-refractivity contribution < 1.29 is 0 Å². The minimum Gasteiger partial charge on any atom is -0.0625 e. The normalized spacial score (nSPS) is 25.1. The molecule has 0 aliphatic heterocycles. The summed E-state index contributed by atoms with van der Waals surface area (Å²) in [4.78, 5) is 0. The van der Waals surface area contributed by atoms with Crippen LogP contribution < -0.4 is 0 Å². The Bertz CT molecular complexity index is 391. The first-order chi connectivity index (χ1) is 9.49. The lowest BCUT2D eigenvalue weighted by molar-refractivity contribution is 0.207. The molecular weight excluding hydrogens is 240 g/mol. The first-order valence-corrected chi connectivity index (χ1v) is 8.59. The van der Waals surface area contributed by atoms with E-state index < -0.39 is 0 Å². The molecule has 0 bridgehead atoms. The maximum atomic E-state index is 2.44. The minimum atomic E-state index is 0.640. The summed E-state index contributed by atoms with van der Waals surface area (Å²) in [6.45, 7) is 11.8. The van der Waals surface area contributed by atoms with E-state index in [9.17, 15) is 0 Å². The van der Waals surface area contributed by atoms with Crippen LogP contribution in [-0.4, -0.2) is 0 Å². The minimum absolute atomic E-state index is 0.640. The van der Waals surface area contributed by atoms with Gasteiger partial charge in [0.1, 0.15) is 0 Å². The average molecular weight is 272 g/mol. The lowest BCUT2D eigenvalue weighted by atomic mass is 9.71. The first-order valence-electron chi connectivity index (χ1n) is 8.59. The third kappa shape index (κ3) is 3.65. The molecule has 1 fully saturated rings. The highest BCUT2D eigenvalue weighted by Gasteiger charge is 2.27. The van der Waals surface area contributed by atoms with Crippen molar-refractivity contribution >= 4 is 0 Å². The molecule has 1 unspecified atom stereocenters. The SMILES string of the molecule is CC(C)c1ccc(C(C)C2CCC(C(C)C)CC2)cc1. The van der Waals surface area contributed by atoms with Gasteiger partial charge in [-0.25, -0.2) is 0 Å². The maximum absolute atomic E-state index is 2.44. The lowest BCUT2D eigenvalue weighted by Gasteiger charge is -2.34. The van der Waals surface area contributed by atoms with Crippen molar-refractivity contribution in [2.45, 2.75) is 72.1 Å². The van der Waals surface area contributed by atoms with Gasteiger partial charge in [0.25, 0.3) is 0 Å². The zero-order valence-electron chi connectivity index (χ0n) is 14.0. The molecule has 1 aromatic rings. The highest BCUT2D eigenvalue weighted by molar-refractivity contribution is 5.27. The van der Waals surface area contributed by atoms with Gasteiger partial charge in [-0.2, -0.15) is 0 Å². The second-order valence-corrected chi connectivity index (χ2v) is 7.53. The van der Waals surface area contributed by atoms with Crippen LogP contribution in [0.15, 0.2) is 24.3 Å². The van der Waals surface area contributed by atoms with Gasteiger partial charge in [-0.15, -0.1) is 0 Å². The van der Waals surface area contributed by atoms with E-state index in [2.05, 4.69) is 58.9 Å². The summed E-state index contributed by atoms with van der Waals surface area (Å²) < 4.78 is 0. The van der Waals surface area contributed by atoms with Crippen LogP contribution in [0.1, 0.15) is 83.3 Å². The van der Waals surface area contributed by atoms with Crippen LogP contribution in [0, 0.1) is 17.8 Å². The van der Waals surface area contributed by atoms with Crippen LogP contribution in [0.3, 0.4) is 0 Å². The molecule has 1 aliphatic carbocycles. The smallest absolute Gasteiger partial charge is 0.0162 e. The molecule has 0 heterocycles. The van der Waals surface area contributed by atoms with Gasteiger partial charge in [0, 0.05) is 0 Å². The van der Waals surface area contributed by atoms with Crippen molar-refractivity contribution in [3.63, 3.8) is 0 Å². The van der Waals surface area contributed by atoms with Gasteiger partial charge >= 0.3 is 0 Å². The van der Waals surface area contributed by atoms with Crippen LogP contribution in [0.5, 0.6) is 0 Å². The highest BCUT2D eigenvalue weighted by atomic mass is 14.3. The highest BCUT2D eigenvalue weighted by Crippen LogP contribution is 2.40. The topological polar surface area (TPSA) is 0 Å². The van der Waals surface area contributed by atoms with Gasteiger partial charge in [0.05, 0.1) is 0 Å². The first kappa shape index (κ1) is 15.6. The van der Waals surface area contributed by atoms with E-state index in [1.807, 2.05) is 0 Å². The van der Waals surface area contributed by atoms with E-state index in [4.69, 9.17) is 0 Å². The van der Waals surface area contributed by atoms with E-state index in [1.54, 1.807) is 5.56 Å². The molecule has 0 nitrogen and oxygen atoms in total. The standard InChI is InChI=1S/C20H32/c1-14(2)17-6-10-19(11-7-17)16(5)20-12-8-18(9-13-20)15(3)4/h6-7,10-11,14-16,18,20H,8-9,12-13H2,1-5H3. The molecule has 1 aromatic carbocycles. The van der Waals surface area contributed by atoms with Gasteiger partial charge in [0.15, 0.2) is 0 Å². The summed E-state index contributed by atoms with van der Waals surface area (Å²) in [5.41, 5.74) is 3.01. The zero-order valence-corrected chi connectivity index (χ0v) is 14.0. The van der Waals surface area contributed by atoms with Gasteiger partial charge in [-0.3, -0.25) is 0 Å². The third-order valence-electron chi connectivity index (χ3n) is 5.60. The summed E-state index contributed by atoms with van der Waals surface area (Å²) in [5.74, 6) is 4.11. The predicted molar refractivity (Wildman–Crippen MR) is 89.2 cm³/mol. The van der Waals surface area contributed by atoms with Gasteiger partial charge in [-0.05, 0) is 66.4 Å². The fraction of sp³-hybridized carbons (Fsp3) is 0.700. The molecule has 1 atom stereocenters. The van der Waals surface area contributed by atoms with Crippen molar-refractivity contribution in [1.29, 1.82) is 0 Å². The Hall–Kier alpha value is -0.780. The Morgan fingerprint density at radius 2 is 1.15 bits per heavy atom. The number of benzene rings is 1. The summed E-state index contributed by atoms with van der Waals surface area (Å²) in [7, 11) is 0. The van der Waals surface area contributed by atoms with E-state index >= 15 is 0 Å². The quantitative estimate of drug-likeness (QED) is 0.597. The van der Waals surface area contributed by atoms with Crippen LogP contribution in [-0.2, 0) is 0 Å². The molecule has 112 valence electrons. The van der Waals surface area contributed by atoms with Crippen molar-refractivity contribution in [2.24, 2.45) is 17.8 Å². The van der Waals surface area contributed by atoms with E-state index in [0.29, 0.717) is 5.92 Å². The fourth-order valence-corrected chi connectivity index (χ4v) is 3.77. The van der Waals surface area contributed by atoms with Gasteiger partial charge in [-0.1, -0.05) is 58.9 Å². The largest absolute Gasteiger partial charge is 0.0625 e. The Balaban J connectivity index is 1.96. The molecule has 0 aromatic heterocycles. The average Bonchev–Trinajstić information content (AvgIpc) is 2.46. The molecule has 2 rings (SSSR count). The van der Waals surface area contributed by atoms with E-state index in [-0.39, 0.29) is 0 Å². The molecule has 0 spiro atoms. The summed E-state index contributed by atoms with van der Waals surface area (Å²) >= 11 is 0. The number of hydrogen-bond acceptors (Lipinski definition) is 0. The van der Waals surface area contributed by atoms with Gasteiger partial charge in [0.2, 0.25) is 0 Å². The Morgan fingerprint density at radius 1 is 0.700 bits per heavy atom. The second-order valence-electron chi connectivity index (χ2n) is 7.53. The molecular formula is C20H32. The lowest BCUT2D eigenvalue weighted by Crippen LogP contribution is -2.22. The summed E-state index contributed by atoms with van der Waals surface area (Å²) in [6, 6.07) is 9.40. The molecule has 0 heteroatoms. The van der Waals surface area contributed by atoms with Crippen LogP contribution >= 0.6 is 0 Å². The van der Waals surface area contributed by atoms with Crippen molar-refractivity contribution in [3.05, 3.63) is 35.4 Å².